The first-order valence-corrected chi connectivity index (χ1v) is 8.03. The summed E-state index contributed by atoms with van der Waals surface area (Å²) in [4.78, 5) is 35.1. The number of fused-ring (bicyclic) bond motifs is 1. The van der Waals surface area contributed by atoms with Crippen molar-refractivity contribution in [3.8, 4) is 11.3 Å². The van der Waals surface area contributed by atoms with Crippen LogP contribution >= 0.6 is 0 Å². The van der Waals surface area contributed by atoms with Crippen molar-refractivity contribution < 1.29 is 24.2 Å². The lowest BCUT2D eigenvalue weighted by Gasteiger charge is -2.08. The van der Waals surface area contributed by atoms with Crippen LogP contribution in [-0.4, -0.2) is 26.7 Å². The molecule has 2 N–H and O–H groups in total. The molecule has 0 spiro atoms. The summed E-state index contributed by atoms with van der Waals surface area (Å²) in [6, 6.07) is 10.6. The van der Waals surface area contributed by atoms with Crippen molar-refractivity contribution in [3.05, 3.63) is 58.0 Å². The number of pyridine rings is 1. The maximum atomic E-state index is 12.9. The topological polar surface area (TPSA) is 110 Å². The van der Waals surface area contributed by atoms with Crippen molar-refractivity contribution >= 4 is 22.9 Å². The molecular weight excluding hydrogens is 338 g/mol. The average molecular weight is 355 g/mol. The van der Waals surface area contributed by atoms with Gasteiger partial charge in [-0.2, -0.15) is 0 Å². The monoisotopic (exact) mass is 355 g/mol. The fourth-order valence-corrected chi connectivity index (χ4v) is 3.01. The van der Waals surface area contributed by atoms with Crippen LogP contribution in [0.5, 0.6) is 0 Å². The molecule has 0 bridgehead atoms. The van der Waals surface area contributed by atoms with Crippen molar-refractivity contribution in [2.75, 3.05) is 0 Å². The van der Waals surface area contributed by atoms with Crippen LogP contribution in [0, 0.1) is 6.92 Å². The Morgan fingerprint density at radius 2 is 1.81 bits per heavy atom. The molecule has 3 rings (SSSR count). The van der Waals surface area contributed by atoms with Gasteiger partial charge in [-0.25, -0.2) is 0 Å². The van der Waals surface area contributed by atoms with Crippen LogP contribution in [0.25, 0.3) is 22.3 Å². The van der Waals surface area contributed by atoms with Crippen molar-refractivity contribution in [3.63, 3.8) is 0 Å². The molecular formula is C19H17NO6. The first-order valence-electron chi connectivity index (χ1n) is 8.03. The molecule has 0 unspecified atom stereocenters. The minimum absolute atomic E-state index is 0.00824. The van der Waals surface area contributed by atoms with E-state index in [1.165, 1.54) is 4.57 Å². The Bertz CT molecular complexity index is 1050. The summed E-state index contributed by atoms with van der Waals surface area (Å²) in [6.07, 6.45) is -0.571. The van der Waals surface area contributed by atoms with Gasteiger partial charge in [-0.1, -0.05) is 30.3 Å². The van der Waals surface area contributed by atoms with Gasteiger partial charge in [0.2, 0.25) is 0 Å². The van der Waals surface area contributed by atoms with Gasteiger partial charge in [0.25, 0.3) is 5.56 Å². The van der Waals surface area contributed by atoms with Crippen molar-refractivity contribution in [1.29, 1.82) is 0 Å². The van der Waals surface area contributed by atoms with E-state index in [1.54, 1.807) is 37.3 Å². The van der Waals surface area contributed by atoms with Crippen LogP contribution in [0.15, 0.2) is 45.6 Å². The molecule has 2 aromatic heterocycles. The summed E-state index contributed by atoms with van der Waals surface area (Å²) in [5, 5.41) is 18.3. The van der Waals surface area contributed by atoms with E-state index in [2.05, 4.69) is 0 Å². The normalized spacial score (nSPS) is 11.0. The lowest BCUT2D eigenvalue weighted by molar-refractivity contribution is -0.137. The number of hydrogen-bond donors (Lipinski definition) is 2. The Morgan fingerprint density at radius 1 is 1.12 bits per heavy atom. The van der Waals surface area contributed by atoms with Crippen LogP contribution in [0.2, 0.25) is 0 Å². The lowest BCUT2D eigenvalue weighted by Crippen LogP contribution is -2.24. The van der Waals surface area contributed by atoms with Gasteiger partial charge in [0.1, 0.15) is 11.3 Å². The molecule has 7 nitrogen and oxygen atoms in total. The number of hydrogen-bond acceptors (Lipinski definition) is 4. The van der Waals surface area contributed by atoms with Gasteiger partial charge in [0.05, 0.1) is 18.2 Å². The molecule has 0 atom stereocenters. The highest BCUT2D eigenvalue weighted by molar-refractivity contribution is 5.91. The number of aromatic nitrogens is 1. The smallest absolute Gasteiger partial charge is 0.307 e. The van der Waals surface area contributed by atoms with Crippen LogP contribution in [0.3, 0.4) is 0 Å². The second kappa shape index (κ2) is 6.87. The molecule has 0 amide bonds. The van der Waals surface area contributed by atoms with Gasteiger partial charge in [0, 0.05) is 29.4 Å². The molecule has 0 aliphatic carbocycles. The van der Waals surface area contributed by atoms with E-state index in [0.29, 0.717) is 28.2 Å². The molecule has 0 radical (unpaired) electrons. The fraction of sp³-hybridized carbons (Fsp3) is 0.211. The van der Waals surface area contributed by atoms with Crippen molar-refractivity contribution in [2.24, 2.45) is 0 Å². The van der Waals surface area contributed by atoms with Crippen LogP contribution in [-0.2, 0) is 22.6 Å². The van der Waals surface area contributed by atoms with Crippen LogP contribution in [0.1, 0.15) is 17.7 Å². The molecule has 26 heavy (non-hydrogen) atoms. The number of benzene rings is 1. The highest BCUT2D eigenvalue weighted by Gasteiger charge is 2.22. The molecule has 0 fully saturated rings. The van der Waals surface area contributed by atoms with Crippen LogP contribution in [0.4, 0.5) is 0 Å². The summed E-state index contributed by atoms with van der Waals surface area (Å²) in [6.45, 7) is 1.69. The zero-order valence-electron chi connectivity index (χ0n) is 14.1. The standard InChI is InChI=1S/C19H17NO6/c1-11-9-14-17(19(25)20(11)8-7-15(21)22)13(10-16(23)24)18(26-14)12-5-3-2-4-6-12/h2-6,9H,7-8,10H2,1H3,(H,21,22)(H,23,24). The average Bonchev–Trinajstić information content (AvgIpc) is 2.92. The minimum Gasteiger partial charge on any atom is -0.481 e. The zero-order chi connectivity index (χ0) is 18.8. The zero-order valence-corrected chi connectivity index (χ0v) is 14.1. The quantitative estimate of drug-likeness (QED) is 0.703. The SMILES string of the molecule is Cc1cc2oc(-c3ccccc3)c(CC(=O)O)c2c(=O)n1CCC(=O)O. The van der Waals surface area contributed by atoms with Gasteiger partial charge in [-0.3, -0.25) is 14.4 Å². The van der Waals surface area contributed by atoms with E-state index in [9.17, 15) is 19.5 Å². The third-order valence-corrected chi connectivity index (χ3v) is 4.17. The van der Waals surface area contributed by atoms with E-state index in [0.717, 1.165) is 0 Å². The number of furan rings is 1. The number of carbonyl (C=O) groups is 2. The van der Waals surface area contributed by atoms with E-state index in [-0.39, 0.29) is 24.8 Å². The molecule has 3 aromatic rings. The number of aryl methyl sites for hydroxylation is 1. The molecule has 0 saturated heterocycles. The highest BCUT2D eigenvalue weighted by atomic mass is 16.4. The first-order chi connectivity index (χ1) is 12.4. The predicted molar refractivity (Wildman–Crippen MR) is 94.2 cm³/mol. The predicted octanol–water partition coefficient (Wildman–Crippen LogP) is 2.67. The van der Waals surface area contributed by atoms with E-state index in [1.807, 2.05) is 6.07 Å². The fourth-order valence-electron chi connectivity index (χ4n) is 3.01. The second-order valence-corrected chi connectivity index (χ2v) is 5.97. The summed E-state index contributed by atoms with van der Waals surface area (Å²) in [7, 11) is 0. The Labute approximate surface area is 148 Å². The Balaban J connectivity index is 2.27. The largest absolute Gasteiger partial charge is 0.481 e. The molecule has 7 heteroatoms. The van der Waals surface area contributed by atoms with Gasteiger partial charge in [0.15, 0.2) is 0 Å². The lowest BCUT2D eigenvalue weighted by atomic mass is 10.0. The molecule has 0 saturated carbocycles. The Kier molecular flexibility index (Phi) is 4.62. The Morgan fingerprint density at radius 3 is 2.42 bits per heavy atom. The maximum Gasteiger partial charge on any atom is 0.307 e. The van der Waals surface area contributed by atoms with Gasteiger partial charge in [-0.15, -0.1) is 0 Å². The summed E-state index contributed by atoms with van der Waals surface area (Å²) in [5.74, 6) is -1.75. The van der Waals surface area contributed by atoms with Gasteiger partial charge >= 0.3 is 11.9 Å². The summed E-state index contributed by atoms with van der Waals surface area (Å²) < 4.78 is 7.17. The maximum absolute atomic E-state index is 12.9. The van der Waals surface area contributed by atoms with Crippen molar-refractivity contribution in [2.45, 2.75) is 26.3 Å². The number of rotatable bonds is 6. The Hall–Kier alpha value is -3.35. The third kappa shape index (κ3) is 3.23. The number of aliphatic carboxylic acids is 2. The van der Waals surface area contributed by atoms with Gasteiger partial charge < -0.3 is 19.2 Å². The summed E-state index contributed by atoms with van der Waals surface area (Å²) >= 11 is 0. The molecule has 2 heterocycles. The number of nitrogens with zero attached hydrogens (tertiary/aromatic N) is 1. The molecule has 0 aliphatic rings. The minimum atomic E-state index is -1.08. The van der Waals surface area contributed by atoms with Crippen molar-refractivity contribution in [1.82, 2.24) is 4.57 Å². The van der Waals surface area contributed by atoms with E-state index >= 15 is 0 Å². The molecule has 134 valence electrons. The summed E-state index contributed by atoms with van der Waals surface area (Å²) in [5.41, 5.74) is 1.39. The molecule has 1 aromatic carbocycles. The highest BCUT2D eigenvalue weighted by Crippen LogP contribution is 2.32. The second-order valence-electron chi connectivity index (χ2n) is 5.97. The van der Waals surface area contributed by atoms with Crippen LogP contribution < -0.4 is 5.56 Å². The van der Waals surface area contributed by atoms with E-state index in [4.69, 9.17) is 9.52 Å². The number of carboxylic acids is 2. The first kappa shape index (κ1) is 17.5. The third-order valence-electron chi connectivity index (χ3n) is 4.17. The number of carboxylic acid groups (broad SMARTS) is 2. The molecule has 0 aliphatic heterocycles. The van der Waals surface area contributed by atoms with Gasteiger partial charge in [-0.05, 0) is 6.92 Å². The van der Waals surface area contributed by atoms with E-state index < -0.39 is 17.5 Å².